The van der Waals surface area contributed by atoms with Crippen molar-refractivity contribution in [2.75, 3.05) is 6.61 Å². The van der Waals surface area contributed by atoms with Crippen LogP contribution in [-0.2, 0) is 6.42 Å². The van der Waals surface area contributed by atoms with Crippen LogP contribution in [0.25, 0.3) is 10.6 Å². The van der Waals surface area contributed by atoms with Crippen LogP contribution in [0, 0.1) is 11.8 Å². The fourth-order valence-electron chi connectivity index (χ4n) is 4.55. The Kier molecular flexibility index (Phi) is 10.1. The van der Waals surface area contributed by atoms with E-state index in [0.717, 1.165) is 46.2 Å². The maximum Gasteiger partial charge on any atom is 0.147 e. The maximum absolute atomic E-state index is 6.00. The number of hydrogen-bond acceptors (Lipinski definition) is 4. The first-order valence-corrected chi connectivity index (χ1v) is 13.2. The van der Waals surface area contributed by atoms with Gasteiger partial charge in [0.25, 0.3) is 0 Å². The number of rotatable bonds is 13. The molecular formula is C26H40N2OS. The molecule has 1 aromatic carbocycles. The predicted molar refractivity (Wildman–Crippen MR) is 128 cm³/mol. The average Bonchev–Trinajstić information content (AvgIpc) is 3.26. The summed E-state index contributed by atoms with van der Waals surface area (Å²) in [5, 5.41) is 10.8. The van der Waals surface area contributed by atoms with E-state index >= 15 is 0 Å². The molecule has 3 rings (SSSR count). The van der Waals surface area contributed by atoms with Crippen LogP contribution in [0.15, 0.2) is 24.3 Å². The summed E-state index contributed by atoms with van der Waals surface area (Å²) >= 11 is 1.71. The van der Waals surface area contributed by atoms with Crippen molar-refractivity contribution >= 4 is 11.3 Å². The highest BCUT2D eigenvalue weighted by atomic mass is 32.1. The summed E-state index contributed by atoms with van der Waals surface area (Å²) in [6.45, 7) is 5.34. The van der Waals surface area contributed by atoms with Crippen LogP contribution in [0.2, 0.25) is 0 Å². The van der Waals surface area contributed by atoms with Crippen molar-refractivity contribution < 1.29 is 4.74 Å². The van der Waals surface area contributed by atoms with E-state index in [1.165, 1.54) is 77.0 Å². The molecule has 166 valence electrons. The summed E-state index contributed by atoms with van der Waals surface area (Å²) in [7, 11) is 0. The molecule has 2 aromatic rings. The van der Waals surface area contributed by atoms with Crippen LogP contribution in [0.5, 0.6) is 5.75 Å². The zero-order chi connectivity index (χ0) is 21.0. The third-order valence-electron chi connectivity index (χ3n) is 6.52. The lowest BCUT2D eigenvalue weighted by molar-refractivity contribution is 0.228. The van der Waals surface area contributed by atoms with Gasteiger partial charge < -0.3 is 4.74 Å². The lowest BCUT2D eigenvalue weighted by Crippen LogP contribution is -2.15. The molecule has 0 bridgehead atoms. The number of unbranched alkanes of at least 4 members (excludes halogenated alkanes) is 3. The minimum Gasteiger partial charge on any atom is -0.494 e. The molecule has 1 aromatic heterocycles. The van der Waals surface area contributed by atoms with Crippen molar-refractivity contribution in [3.63, 3.8) is 0 Å². The molecular weight excluding hydrogens is 388 g/mol. The van der Waals surface area contributed by atoms with Crippen LogP contribution in [-0.4, -0.2) is 16.8 Å². The number of aromatic nitrogens is 2. The fourth-order valence-corrected chi connectivity index (χ4v) is 5.43. The molecule has 0 amide bonds. The van der Waals surface area contributed by atoms with E-state index in [9.17, 15) is 0 Å². The van der Waals surface area contributed by atoms with E-state index in [1.54, 1.807) is 11.3 Å². The molecule has 1 aliphatic carbocycles. The minimum atomic E-state index is 0.829. The first-order valence-electron chi connectivity index (χ1n) is 12.3. The zero-order valence-corrected chi connectivity index (χ0v) is 19.9. The Morgan fingerprint density at radius 3 is 2.17 bits per heavy atom. The highest BCUT2D eigenvalue weighted by molar-refractivity contribution is 7.14. The molecule has 1 aliphatic rings. The van der Waals surface area contributed by atoms with E-state index in [2.05, 4.69) is 48.3 Å². The topological polar surface area (TPSA) is 35.0 Å². The molecule has 0 unspecified atom stereocenters. The largest absolute Gasteiger partial charge is 0.494 e. The second kappa shape index (κ2) is 13.1. The Hall–Kier alpha value is -1.42. The number of benzene rings is 1. The minimum absolute atomic E-state index is 0.829. The van der Waals surface area contributed by atoms with Crippen molar-refractivity contribution in [2.45, 2.75) is 97.3 Å². The Balaban J connectivity index is 1.32. The molecule has 1 fully saturated rings. The van der Waals surface area contributed by atoms with E-state index in [4.69, 9.17) is 4.74 Å². The summed E-state index contributed by atoms with van der Waals surface area (Å²) in [5.41, 5.74) is 1.14. The van der Waals surface area contributed by atoms with Gasteiger partial charge in [0.15, 0.2) is 0 Å². The quantitative estimate of drug-likeness (QED) is 0.302. The lowest BCUT2D eigenvalue weighted by Gasteiger charge is -2.28. The highest BCUT2D eigenvalue weighted by Crippen LogP contribution is 2.34. The first kappa shape index (κ1) is 23.2. The normalized spacial score (nSPS) is 19.1. The van der Waals surface area contributed by atoms with Crippen LogP contribution in [0.1, 0.15) is 95.9 Å². The molecule has 0 spiro atoms. The second-order valence-corrected chi connectivity index (χ2v) is 10.1. The van der Waals surface area contributed by atoms with Gasteiger partial charge in [0.1, 0.15) is 15.8 Å². The maximum atomic E-state index is 6.00. The number of nitrogens with zero attached hydrogens (tertiary/aromatic N) is 2. The van der Waals surface area contributed by atoms with Crippen LogP contribution in [0.3, 0.4) is 0 Å². The molecule has 4 heteroatoms. The monoisotopic (exact) mass is 428 g/mol. The first-order chi connectivity index (χ1) is 14.8. The van der Waals surface area contributed by atoms with Crippen molar-refractivity contribution in [2.24, 2.45) is 11.8 Å². The van der Waals surface area contributed by atoms with Crippen molar-refractivity contribution in [3.8, 4) is 16.3 Å². The summed E-state index contributed by atoms with van der Waals surface area (Å²) < 4.78 is 6.00. The molecule has 0 radical (unpaired) electrons. The Morgan fingerprint density at radius 1 is 0.833 bits per heavy atom. The van der Waals surface area contributed by atoms with Crippen LogP contribution >= 0.6 is 11.3 Å². The number of ether oxygens (including phenoxy) is 1. The van der Waals surface area contributed by atoms with Gasteiger partial charge in [-0.2, -0.15) is 0 Å². The van der Waals surface area contributed by atoms with Gasteiger partial charge in [0.05, 0.1) is 6.61 Å². The lowest BCUT2D eigenvalue weighted by atomic mass is 9.78. The summed E-state index contributed by atoms with van der Waals surface area (Å²) in [6, 6.07) is 8.37. The predicted octanol–water partition coefficient (Wildman–Crippen LogP) is 8.09. The molecule has 0 atom stereocenters. The van der Waals surface area contributed by atoms with E-state index < -0.39 is 0 Å². The Labute approximate surface area is 187 Å². The van der Waals surface area contributed by atoms with Gasteiger partial charge >= 0.3 is 0 Å². The van der Waals surface area contributed by atoms with Crippen molar-refractivity contribution in [3.05, 3.63) is 29.3 Å². The Bertz CT molecular complexity index is 704. The van der Waals surface area contributed by atoms with Gasteiger partial charge in [0.2, 0.25) is 0 Å². The Morgan fingerprint density at radius 2 is 1.50 bits per heavy atom. The van der Waals surface area contributed by atoms with Crippen LogP contribution < -0.4 is 4.74 Å². The molecule has 1 heterocycles. The number of aryl methyl sites for hydroxylation is 1. The van der Waals surface area contributed by atoms with Gasteiger partial charge in [-0.3, -0.25) is 0 Å². The van der Waals surface area contributed by atoms with E-state index in [0.29, 0.717) is 0 Å². The SMILES string of the molecule is CCCCC[C@H]1CC[C@H](CCCOc2ccc(-c3nnc(CCCC)s3)cc2)CC1. The highest BCUT2D eigenvalue weighted by Gasteiger charge is 2.20. The van der Waals surface area contributed by atoms with Gasteiger partial charge in [0, 0.05) is 12.0 Å². The number of hydrogen-bond donors (Lipinski definition) is 0. The smallest absolute Gasteiger partial charge is 0.147 e. The molecule has 1 saturated carbocycles. The summed E-state index contributed by atoms with van der Waals surface area (Å²) in [4.78, 5) is 0. The van der Waals surface area contributed by atoms with Crippen LogP contribution in [0.4, 0.5) is 0 Å². The third kappa shape index (κ3) is 7.68. The molecule has 0 saturated heterocycles. The average molecular weight is 429 g/mol. The van der Waals surface area contributed by atoms with E-state index in [1.807, 2.05) is 0 Å². The van der Waals surface area contributed by atoms with Gasteiger partial charge in [-0.1, -0.05) is 83.0 Å². The second-order valence-electron chi connectivity index (χ2n) is 9.00. The molecule has 0 aliphatic heterocycles. The molecule has 3 nitrogen and oxygen atoms in total. The molecule has 0 N–H and O–H groups in total. The fraction of sp³-hybridized carbons (Fsp3) is 0.692. The van der Waals surface area contributed by atoms with Crippen molar-refractivity contribution in [1.29, 1.82) is 0 Å². The van der Waals surface area contributed by atoms with E-state index in [-0.39, 0.29) is 0 Å². The summed E-state index contributed by atoms with van der Waals surface area (Å²) in [5.74, 6) is 2.91. The summed E-state index contributed by atoms with van der Waals surface area (Å²) in [6.07, 6.45) is 17.4. The van der Waals surface area contributed by atoms with Gasteiger partial charge in [-0.05, 0) is 55.4 Å². The van der Waals surface area contributed by atoms with Crippen molar-refractivity contribution in [1.82, 2.24) is 10.2 Å². The standard InChI is InChI=1S/C26H40N2OS/c1-3-5-7-9-21-12-14-22(15-13-21)10-8-20-29-24-18-16-23(17-19-24)26-28-27-25(30-26)11-6-4-2/h16-19,21-22H,3-15,20H2,1-2H3/t21-,22-. The molecule has 30 heavy (non-hydrogen) atoms. The van der Waals surface area contributed by atoms with Gasteiger partial charge in [-0.15, -0.1) is 10.2 Å². The zero-order valence-electron chi connectivity index (χ0n) is 19.1. The third-order valence-corrected chi connectivity index (χ3v) is 7.55. The van der Waals surface area contributed by atoms with Gasteiger partial charge in [-0.25, -0.2) is 0 Å².